The van der Waals surface area contributed by atoms with Gasteiger partial charge in [-0.05, 0) is 44.0 Å². The molecule has 5 heteroatoms. The summed E-state index contributed by atoms with van der Waals surface area (Å²) in [6.07, 6.45) is 1.30. The van der Waals surface area contributed by atoms with E-state index in [1.165, 1.54) is 0 Å². The Hall–Kier alpha value is -2.24. The van der Waals surface area contributed by atoms with Crippen molar-refractivity contribution in [3.63, 3.8) is 0 Å². The molecule has 25 heavy (non-hydrogen) atoms. The first-order valence-corrected chi connectivity index (χ1v) is 8.82. The third-order valence-electron chi connectivity index (χ3n) is 4.63. The number of piperidine rings is 1. The molecular formula is C20H25N3O2. The van der Waals surface area contributed by atoms with Crippen molar-refractivity contribution in [3.8, 4) is 0 Å². The fourth-order valence-electron chi connectivity index (χ4n) is 3.30. The number of carbonyl (C=O) groups excluding carboxylic acids is 1. The van der Waals surface area contributed by atoms with Gasteiger partial charge in [0.25, 0.3) is 0 Å². The summed E-state index contributed by atoms with van der Waals surface area (Å²) in [7, 11) is 0. The monoisotopic (exact) mass is 339 g/mol. The number of aryl methyl sites for hydroxylation is 1. The summed E-state index contributed by atoms with van der Waals surface area (Å²) in [6.45, 7) is 4.04. The molecule has 2 unspecified atom stereocenters. The van der Waals surface area contributed by atoms with Crippen LogP contribution in [0.1, 0.15) is 30.2 Å². The van der Waals surface area contributed by atoms with Crippen molar-refractivity contribution in [2.45, 2.75) is 25.9 Å². The molecule has 3 rings (SSSR count). The zero-order chi connectivity index (χ0) is 17.6. The number of likely N-dealkylation sites (tertiary alicyclic amines) is 1. The van der Waals surface area contributed by atoms with Gasteiger partial charge in [-0.2, -0.15) is 0 Å². The second-order valence-corrected chi connectivity index (χ2v) is 6.68. The lowest BCUT2D eigenvalue weighted by molar-refractivity contribution is -0.121. The largest absolute Gasteiger partial charge is 0.387 e. The number of β-amino-alcohol motifs (C(OH)–C–C–N with tert-alkyl or cyclic N) is 1. The van der Waals surface area contributed by atoms with Gasteiger partial charge in [-0.1, -0.05) is 36.4 Å². The number of rotatable bonds is 5. The Morgan fingerprint density at radius 1 is 1.28 bits per heavy atom. The van der Waals surface area contributed by atoms with Crippen molar-refractivity contribution >= 4 is 11.7 Å². The van der Waals surface area contributed by atoms with E-state index in [0.29, 0.717) is 18.9 Å². The van der Waals surface area contributed by atoms with Crippen LogP contribution in [0.15, 0.2) is 48.5 Å². The van der Waals surface area contributed by atoms with Crippen molar-refractivity contribution in [2.24, 2.45) is 5.92 Å². The molecule has 0 spiro atoms. The smallest absolute Gasteiger partial charge is 0.229 e. The van der Waals surface area contributed by atoms with E-state index in [4.69, 9.17) is 0 Å². The fourth-order valence-corrected chi connectivity index (χ4v) is 3.30. The first-order chi connectivity index (χ1) is 12.1. The number of benzene rings is 1. The molecule has 0 bridgehead atoms. The first-order valence-electron chi connectivity index (χ1n) is 8.82. The Bertz CT molecular complexity index is 705. The van der Waals surface area contributed by atoms with Gasteiger partial charge in [0.1, 0.15) is 5.82 Å². The highest BCUT2D eigenvalue weighted by Gasteiger charge is 2.27. The van der Waals surface area contributed by atoms with Crippen molar-refractivity contribution in [2.75, 3.05) is 25.0 Å². The summed E-state index contributed by atoms with van der Waals surface area (Å²) >= 11 is 0. The topological polar surface area (TPSA) is 65.5 Å². The van der Waals surface area contributed by atoms with Gasteiger partial charge in [-0.15, -0.1) is 0 Å². The molecule has 5 nitrogen and oxygen atoms in total. The Kier molecular flexibility index (Phi) is 5.79. The molecule has 0 radical (unpaired) electrons. The SMILES string of the molecule is Cc1cccc(NC(=O)C2CCCN(CC(O)c3ccccc3)C2)n1. The first kappa shape index (κ1) is 17.6. The van der Waals surface area contributed by atoms with Crippen LogP contribution in [0, 0.1) is 12.8 Å². The van der Waals surface area contributed by atoms with E-state index < -0.39 is 6.10 Å². The van der Waals surface area contributed by atoms with E-state index in [-0.39, 0.29) is 11.8 Å². The predicted octanol–water partition coefficient (Wildman–Crippen LogP) is 2.77. The number of anilines is 1. The number of hydrogen-bond acceptors (Lipinski definition) is 4. The average Bonchev–Trinajstić information content (AvgIpc) is 2.62. The number of aliphatic hydroxyl groups excluding tert-OH is 1. The summed E-state index contributed by atoms with van der Waals surface area (Å²) in [5, 5.41) is 13.3. The summed E-state index contributed by atoms with van der Waals surface area (Å²) in [6, 6.07) is 15.3. The van der Waals surface area contributed by atoms with Gasteiger partial charge >= 0.3 is 0 Å². The minimum Gasteiger partial charge on any atom is -0.387 e. The molecule has 132 valence electrons. The van der Waals surface area contributed by atoms with E-state index in [2.05, 4.69) is 15.2 Å². The van der Waals surface area contributed by atoms with Gasteiger partial charge < -0.3 is 10.4 Å². The lowest BCUT2D eigenvalue weighted by atomic mass is 9.96. The van der Waals surface area contributed by atoms with Crippen LogP contribution in [0.2, 0.25) is 0 Å². The van der Waals surface area contributed by atoms with Crippen LogP contribution >= 0.6 is 0 Å². The molecule has 0 aliphatic carbocycles. The lowest BCUT2D eigenvalue weighted by Gasteiger charge is -2.33. The van der Waals surface area contributed by atoms with Crippen LogP contribution in [0.4, 0.5) is 5.82 Å². The number of hydrogen-bond donors (Lipinski definition) is 2. The van der Waals surface area contributed by atoms with Gasteiger partial charge in [-0.25, -0.2) is 4.98 Å². The standard InChI is InChI=1S/C20H25N3O2/c1-15-7-5-11-19(21-15)22-20(25)17-10-6-12-23(13-17)14-18(24)16-8-3-2-4-9-16/h2-5,7-9,11,17-18,24H,6,10,12-14H2,1H3,(H,21,22,25). The summed E-state index contributed by atoms with van der Waals surface area (Å²) in [5.74, 6) is 0.544. The minimum atomic E-state index is -0.526. The number of carbonyl (C=O) groups is 1. The van der Waals surface area contributed by atoms with Crippen LogP contribution in [0.5, 0.6) is 0 Å². The van der Waals surface area contributed by atoms with Crippen molar-refractivity contribution in [1.82, 2.24) is 9.88 Å². The summed E-state index contributed by atoms with van der Waals surface area (Å²) in [4.78, 5) is 19.0. The summed E-state index contributed by atoms with van der Waals surface area (Å²) in [5.41, 5.74) is 1.80. The number of aromatic nitrogens is 1. The highest BCUT2D eigenvalue weighted by Crippen LogP contribution is 2.21. The molecule has 2 atom stereocenters. The van der Waals surface area contributed by atoms with E-state index in [1.54, 1.807) is 0 Å². The maximum atomic E-state index is 12.5. The zero-order valence-corrected chi connectivity index (χ0v) is 14.6. The van der Waals surface area contributed by atoms with Crippen LogP contribution < -0.4 is 5.32 Å². The molecule has 1 aromatic carbocycles. The third kappa shape index (κ3) is 4.87. The molecule has 1 fully saturated rings. The molecule has 1 aliphatic heterocycles. The maximum absolute atomic E-state index is 12.5. The molecule has 2 aromatic rings. The van der Waals surface area contributed by atoms with Crippen LogP contribution in [-0.4, -0.2) is 40.5 Å². The molecule has 2 N–H and O–H groups in total. The van der Waals surface area contributed by atoms with E-state index in [0.717, 1.165) is 30.6 Å². The van der Waals surface area contributed by atoms with Gasteiger partial charge in [-0.3, -0.25) is 9.69 Å². The lowest BCUT2D eigenvalue weighted by Crippen LogP contribution is -2.42. The van der Waals surface area contributed by atoms with Crippen LogP contribution in [-0.2, 0) is 4.79 Å². The number of nitrogens with zero attached hydrogens (tertiary/aromatic N) is 2. The average molecular weight is 339 g/mol. The van der Waals surface area contributed by atoms with Crippen molar-refractivity contribution < 1.29 is 9.90 Å². The Morgan fingerprint density at radius 3 is 2.84 bits per heavy atom. The molecule has 1 amide bonds. The third-order valence-corrected chi connectivity index (χ3v) is 4.63. The molecule has 2 heterocycles. The number of aliphatic hydroxyl groups is 1. The normalized spacial score (nSPS) is 19.4. The zero-order valence-electron chi connectivity index (χ0n) is 14.6. The minimum absolute atomic E-state index is 0.0111. The molecule has 1 saturated heterocycles. The highest BCUT2D eigenvalue weighted by atomic mass is 16.3. The predicted molar refractivity (Wildman–Crippen MR) is 98.2 cm³/mol. The van der Waals surface area contributed by atoms with Gasteiger partial charge in [0.2, 0.25) is 5.91 Å². The molecule has 1 aromatic heterocycles. The number of amides is 1. The van der Waals surface area contributed by atoms with Gasteiger partial charge in [0.05, 0.1) is 12.0 Å². The fraction of sp³-hybridized carbons (Fsp3) is 0.400. The van der Waals surface area contributed by atoms with Crippen molar-refractivity contribution in [1.29, 1.82) is 0 Å². The molecular weight excluding hydrogens is 314 g/mol. The van der Waals surface area contributed by atoms with Gasteiger partial charge in [0, 0.05) is 18.8 Å². The maximum Gasteiger partial charge on any atom is 0.229 e. The van der Waals surface area contributed by atoms with Crippen LogP contribution in [0.3, 0.4) is 0 Å². The van der Waals surface area contributed by atoms with E-state index in [1.807, 2.05) is 55.5 Å². The second kappa shape index (κ2) is 8.23. The number of pyridine rings is 1. The molecule has 1 aliphatic rings. The van der Waals surface area contributed by atoms with E-state index in [9.17, 15) is 9.90 Å². The van der Waals surface area contributed by atoms with Crippen molar-refractivity contribution in [3.05, 3.63) is 59.8 Å². The summed E-state index contributed by atoms with van der Waals surface area (Å²) < 4.78 is 0. The van der Waals surface area contributed by atoms with Gasteiger partial charge in [0.15, 0.2) is 0 Å². The Morgan fingerprint density at radius 2 is 2.08 bits per heavy atom. The molecule has 0 saturated carbocycles. The Balaban J connectivity index is 1.56. The highest BCUT2D eigenvalue weighted by molar-refractivity contribution is 5.91. The number of nitrogens with one attached hydrogen (secondary N) is 1. The second-order valence-electron chi connectivity index (χ2n) is 6.68. The Labute approximate surface area is 148 Å². The van der Waals surface area contributed by atoms with E-state index >= 15 is 0 Å². The van der Waals surface area contributed by atoms with Crippen LogP contribution in [0.25, 0.3) is 0 Å². The quantitative estimate of drug-likeness (QED) is 0.879.